The van der Waals surface area contributed by atoms with Crippen LogP contribution in [-0.4, -0.2) is 13.1 Å². The molecule has 0 radical (unpaired) electrons. The van der Waals surface area contributed by atoms with Gasteiger partial charge in [0.1, 0.15) is 0 Å². The summed E-state index contributed by atoms with van der Waals surface area (Å²) in [6, 6.07) is 21.6. The Morgan fingerprint density at radius 1 is 0.905 bits per heavy atom. The number of fused-ring (bicyclic) bond motifs is 1. The zero-order valence-electron chi connectivity index (χ0n) is 11.7. The van der Waals surface area contributed by atoms with E-state index >= 15 is 0 Å². The second-order valence-corrected chi connectivity index (χ2v) is 4.72. The van der Waals surface area contributed by atoms with Gasteiger partial charge in [0.05, 0.1) is 12.7 Å². The van der Waals surface area contributed by atoms with E-state index in [0.717, 1.165) is 16.8 Å². The number of nitrogens with one attached hydrogen (secondary N) is 1. The molecule has 0 heterocycles. The van der Waals surface area contributed by atoms with Crippen LogP contribution in [0.15, 0.2) is 66.7 Å². The second kappa shape index (κ2) is 5.67. The number of carbonyl (C=O) groups excluding carboxylic acids is 1. The van der Waals surface area contributed by atoms with Crippen molar-refractivity contribution in [1.29, 1.82) is 0 Å². The Morgan fingerprint density at radius 3 is 2.38 bits per heavy atom. The number of hydrogen-bond donors (Lipinski definition) is 1. The van der Waals surface area contributed by atoms with Crippen LogP contribution in [0.1, 0.15) is 10.4 Å². The maximum absolute atomic E-state index is 11.4. The van der Waals surface area contributed by atoms with Crippen molar-refractivity contribution in [2.24, 2.45) is 0 Å². The highest BCUT2D eigenvalue weighted by Crippen LogP contribution is 2.26. The van der Waals surface area contributed by atoms with Gasteiger partial charge in [-0.1, -0.05) is 36.4 Å². The van der Waals surface area contributed by atoms with Crippen LogP contribution >= 0.6 is 0 Å². The van der Waals surface area contributed by atoms with Gasteiger partial charge in [-0.15, -0.1) is 0 Å². The zero-order chi connectivity index (χ0) is 14.7. The minimum atomic E-state index is -0.327. The number of esters is 1. The Hall–Kier alpha value is -2.81. The van der Waals surface area contributed by atoms with E-state index in [2.05, 4.69) is 23.5 Å². The van der Waals surface area contributed by atoms with Crippen LogP contribution in [0.25, 0.3) is 10.8 Å². The summed E-state index contributed by atoms with van der Waals surface area (Å²) in [7, 11) is 1.38. The molecule has 0 fully saturated rings. The fourth-order valence-electron chi connectivity index (χ4n) is 2.30. The Labute approximate surface area is 123 Å². The first-order chi connectivity index (χ1) is 10.3. The molecular weight excluding hydrogens is 262 g/mol. The lowest BCUT2D eigenvalue weighted by molar-refractivity contribution is 0.0601. The van der Waals surface area contributed by atoms with Crippen LogP contribution in [0.2, 0.25) is 0 Å². The van der Waals surface area contributed by atoms with Gasteiger partial charge in [-0.3, -0.25) is 0 Å². The highest BCUT2D eigenvalue weighted by Gasteiger charge is 2.05. The van der Waals surface area contributed by atoms with Crippen molar-refractivity contribution in [3.8, 4) is 0 Å². The highest BCUT2D eigenvalue weighted by atomic mass is 16.5. The third kappa shape index (κ3) is 2.72. The molecule has 0 atom stereocenters. The average Bonchev–Trinajstić information content (AvgIpc) is 2.55. The highest BCUT2D eigenvalue weighted by molar-refractivity contribution is 5.95. The molecule has 0 bridgehead atoms. The van der Waals surface area contributed by atoms with Gasteiger partial charge in [-0.25, -0.2) is 4.79 Å². The quantitative estimate of drug-likeness (QED) is 0.722. The second-order valence-electron chi connectivity index (χ2n) is 4.72. The molecule has 0 spiro atoms. The van der Waals surface area contributed by atoms with Crippen molar-refractivity contribution >= 4 is 28.1 Å². The minimum absolute atomic E-state index is 0.327. The van der Waals surface area contributed by atoms with Gasteiger partial charge in [0.15, 0.2) is 0 Å². The zero-order valence-corrected chi connectivity index (χ0v) is 11.7. The minimum Gasteiger partial charge on any atom is -0.465 e. The fraction of sp³-hybridized carbons (Fsp3) is 0.0556. The number of methoxy groups -OCH3 is 1. The Kier molecular flexibility index (Phi) is 3.56. The fourth-order valence-corrected chi connectivity index (χ4v) is 2.30. The summed E-state index contributed by atoms with van der Waals surface area (Å²) in [5.74, 6) is -0.327. The SMILES string of the molecule is COC(=O)c1ccc(Nc2cccc3ccccc23)cc1. The molecule has 3 aromatic rings. The monoisotopic (exact) mass is 277 g/mol. The largest absolute Gasteiger partial charge is 0.465 e. The number of ether oxygens (including phenoxy) is 1. The standard InChI is InChI=1S/C18H15NO2/c1-21-18(20)14-9-11-15(12-10-14)19-17-8-4-6-13-5-2-3-7-16(13)17/h2-12,19H,1H3. The molecule has 3 rings (SSSR count). The molecule has 3 aromatic carbocycles. The van der Waals surface area contributed by atoms with E-state index in [1.807, 2.05) is 36.4 Å². The van der Waals surface area contributed by atoms with Crippen LogP contribution in [0, 0.1) is 0 Å². The van der Waals surface area contributed by atoms with Crippen molar-refractivity contribution < 1.29 is 9.53 Å². The van der Waals surface area contributed by atoms with Gasteiger partial charge in [-0.2, -0.15) is 0 Å². The molecule has 0 aromatic heterocycles. The third-order valence-electron chi connectivity index (χ3n) is 3.37. The first-order valence-corrected chi connectivity index (χ1v) is 6.71. The number of hydrogen-bond acceptors (Lipinski definition) is 3. The predicted molar refractivity (Wildman–Crippen MR) is 85.0 cm³/mol. The van der Waals surface area contributed by atoms with E-state index < -0.39 is 0 Å². The summed E-state index contributed by atoms with van der Waals surface area (Å²) in [4.78, 5) is 11.4. The molecule has 0 aliphatic heterocycles. The molecule has 0 saturated carbocycles. The summed E-state index contributed by atoms with van der Waals surface area (Å²) in [6.45, 7) is 0. The van der Waals surface area contributed by atoms with Crippen molar-refractivity contribution in [1.82, 2.24) is 0 Å². The third-order valence-corrected chi connectivity index (χ3v) is 3.37. The molecule has 104 valence electrons. The Bertz CT molecular complexity index is 773. The van der Waals surface area contributed by atoms with E-state index in [-0.39, 0.29) is 5.97 Å². The first-order valence-electron chi connectivity index (χ1n) is 6.71. The number of benzene rings is 3. The topological polar surface area (TPSA) is 38.3 Å². The van der Waals surface area contributed by atoms with Crippen molar-refractivity contribution in [2.75, 3.05) is 12.4 Å². The molecule has 21 heavy (non-hydrogen) atoms. The maximum Gasteiger partial charge on any atom is 0.337 e. The molecule has 3 heteroatoms. The van der Waals surface area contributed by atoms with E-state index in [9.17, 15) is 4.79 Å². The Morgan fingerprint density at radius 2 is 1.62 bits per heavy atom. The van der Waals surface area contributed by atoms with Gasteiger partial charge in [0, 0.05) is 16.8 Å². The molecule has 1 N–H and O–H groups in total. The first kappa shape index (κ1) is 13.2. The summed E-state index contributed by atoms with van der Waals surface area (Å²) >= 11 is 0. The predicted octanol–water partition coefficient (Wildman–Crippen LogP) is 4.37. The van der Waals surface area contributed by atoms with Crippen LogP contribution in [0.3, 0.4) is 0 Å². The number of carbonyl (C=O) groups is 1. The number of rotatable bonds is 3. The normalized spacial score (nSPS) is 10.3. The van der Waals surface area contributed by atoms with Crippen molar-refractivity contribution in [3.05, 3.63) is 72.3 Å². The lowest BCUT2D eigenvalue weighted by atomic mass is 10.1. The van der Waals surface area contributed by atoms with Crippen LogP contribution < -0.4 is 5.32 Å². The lowest BCUT2D eigenvalue weighted by Gasteiger charge is -2.10. The lowest BCUT2D eigenvalue weighted by Crippen LogP contribution is -2.01. The summed E-state index contributed by atoms with van der Waals surface area (Å²) in [5.41, 5.74) is 2.51. The van der Waals surface area contributed by atoms with Gasteiger partial charge < -0.3 is 10.1 Å². The van der Waals surface area contributed by atoms with Crippen LogP contribution in [0.4, 0.5) is 11.4 Å². The molecule has 0 aliphatic carbocycles. The molecular formula is C18H15NO2. The molecule has 0 saturated heterocycles. The van der Waals surface area contributed by atoms with Gasteiger partial charge in [0.2, 0.25) is 0 Å². The summed E-state index contributed by atoms with van der Waals surface area (Å²) < 4.78 is 4.69. The van der Waals surface area contributed by atoms with E-state index in [1.165, 1.54) is 12.5 Å². The smallest absolute Gasteiger partial charge is 0.337 e. The van der Waals surface area contributed by atoms with Crippen LogP contribution in [0.5, 0.6) is 0 Å². The van der Waals surface area contributed by atoms with Gasteiger partial charge in [0.25, 0.3) is 0 Å². The summed E-state index contributed by atoms with van der Waals surface area (Å²) in [6.07, 6.45) is 0. The number of anilines is 2. The van der Waals surface area contributed by atoms with Gasteiger partial charge >= 0.3 is 5.97 Å². The Balaban J connectivity index is 1.90. The van der Waals surface area contributed by atoms with Gasteiger partial charge in [-0.05, 0) is 35.7 Å². The van der Waals surface area contributed by atoms with Crippen molar-refractivity contribution in [2.45, 2.75) is 0 Å². The van der Waals surface area contributed by atoms with Crippen LogP contribution in [-0.2, 0) is 4.74 Å². The van der Waals surface area contributed by atoms with E-state index in [0.29, 0.717) is 5.56 Å². The molecule has 0 unspecified atom stereocenters. The molecule has 0 amide bonds. The summed E-state index contributed by atoms with van der Waals surface area (Å²) in [5, 5.41) is 5.73. The molecule has 0 aliphatic rings. The average molecular weight is 277 g/mol. The van der Waals surface area contributed by atoms with Crippen molar-refractivity contribution in [3.63, 3.8) is 0 Å². The van der Waals surface area contributed by atoms with E-state index in [4.69, 9.17) is 4.74 Å². The maximum atomic E-state index is 11.4. The molecule has 3 nitrogen and oxygen atoms in total. The van der Waals surface area contributed by atoms with E-state index in [1.54, 1.807) is 12.1 Å².